The molecule has 11 heteroatoms. The summed E-state index contributed by atoms with van der Waals surface area (Å²) >= 11 is 0. The van der Waals surface area contributed by atoms with Crippen molar-refractivity contribution in [2.45, 2.75) is 0 Å². The van der Waals surface area contributed by atoms with Gasteiger partial charge in [-0.25, -0.2) is 0 Å². The van der Waals surface area contributed by atoms with Gasteiger partial charge in [0, 0.05) is 12.2 Å². The molecule has 220 valence electrons. The number of fused-ring (bicyclic) bond motifs is 1. The van der Waals surface area contributed by atoms with E-state index in [0.717, 1.165) is 5.69 Å². The van der Waals surface area contributed by atoms with Gasteiger partial charge in [0.2, 0.25) is 0 Å². The smallest absolute Gasteiger partial charge is 0.180 e. The zero-order valence-corrected chi connectivity index (χ0v) is 23.2. The zero-order valence-electron chi connectivity index (χ0n) is 23.2. The first-order chi connectivity index (χ1) is 21.5. The lowest BCUT2D eigenvalue weighted by Crippen LogP contribution is -2.37. The van der Waals surface area contributed by atoms with E-state index < -0.39 is 17.6 Å². The molecule has 0 aromatic heterocycles. The number of anilines is 3. The van der Waals surface area contributed by atoms with Crippen LogP contribution in [0.2, 0.25) is 0 Å². The van der Waals surface area contributed by atoms with Crippen molar-refractivity contribution in [3.63, 3.8) is 0 Å². The second kappa shape index (κ2) is 12.3. The van der Waals surface area contributed by atoms with E-state index in [2.05, 4.69) is 31.9 Å². The second-order valence-electron chi connectivity index (χ2n) is 9.96. The van der Waals surface area contributed by atoms with Crippen LogP contribution in [0.25, 0.3) is 0 Å². The molecule has 6 rings (SSSR count). The number of aliphatic hydroxyl groups is 3. The summed E-state index contributed by atoms with van der Waals surface area (Å²) in [4.78, 5) is 13.4. The lowest BCUT2D eigenvalue weighted by molar-refractivity contribution is -0.116. The highest BCUT2D eigenvalue weighted by molar-refractivity contribution is 6.19. The standard InChI is InChI=1S/C33H28N6O5/c40-25-18-24(37-34-21-10-4-1-5-11-21)19-28-29(25)31(39-36-23-14-8-3-9-15-23)32(43)33(44-28)20-16-26(41)30(27(42)17-20)38-35-22-12-6-2-7-13-22/h1-20,29,34-37,41-43H/b38-30?,39-31+. The fraction of sp³-hybridized carbons (Fsp3) is 0.0606. The van der Waals surface area contributed by atoms with E-state index in [1.54, 1.807) is 30.3 Å². The van der Waals surface area contributed by atoms with Gasteiger partial charge in [-0.1, -0.05) is 54.6 Å². The Labute approximate surface area is 252 Å². The van der Waals surface area contributed by atoms with Gasteiger partial charge in [-0.15, -0.1) is 0 Å². The molecule has 1 atom stereocenters. The molecule has 1 unspecified atom stereocenters. The van der Waals surface area contributed by atoms with E-state index in [-0.39, 0.29) is 40.2 Å². The van der Waals surface area contributed by atoms with Crippen molar-refractivity contribution < 1.29 is 24.9 Å². The number of allylic oxidation sites excluding steroid dienone is 5. The topological polar surface area (TPSA) is 160 Å². The molecule has 0 radical (unpaired) electrons. The number of hydrazine groups is 1. The van der Waals surface area contributed by atoms with Gasteiger partial charge >= 0.3 is 0 Å². The Bertz CT molecular complexity index is 1750. The van der Waals surface area contributed by atoms with Gasteiger partial charge in [0.25, 0.3) is 0 Å². The van der Waals surface area contributed by atoms with Crippen LogP contribution in [-0.2, 0) is 9.53 Å². The highest BCUT2D eigenvalue weighted by Crippen LogP contribution is 2.38. The number of hydrazone groups is 2. The van der Waals surface area contributed by atoms with Gasteiger partial charge in [0.15, 0.2) is 23.0 Å². The quantitative estimate of drug-likeness (QED) is 0.161. The first kappa shape index (κ1) is 27.9. The molecular weight excluding hydrogens is 560 g/mol. The molecule has 0 saturated heterocycles. The van der Waals surface area contributed by atoms with Crippen LogP contribution >= 0.6 is 0 Å². The number of nitrogens with one attached hydrogen (secondary N) is 4. The number of para-hydroxylation sites is 3. The molecule has 0 amide bonds. The molecule has 7 N–H and O–H groups in total. The molecule has 3 aromatic rings. The van der Waals surface area contributed by atoms with Crippen molar-refractivity contribution in [2.75, 3.05) is 16.3 Å². The van der Waals surface area contributed by atoms with Crippen LogP contribution in [0.3, 0.4) is 0 Å². The Kier molecular flexibility index (Phi) is 7.82. The van der Waals surface area contributed by atoms with Crippen molar-refractivity contribution in [1.29, 1.82) is 0 Å². The number of rotatable bonds is 8. The molecule has 1 aliphatic heterocycles. The van der Waals surface area contributed by atoms with E-state index in [1.165, 1.54) is 18.2 Å². The van der Waals surface area contributed by atoms with Crippen molar-refractivity contribution >= 4 is 34.3 Å². The average molecular weight is 589 g/mol. The molecule has 2 aliphatic carbocycles. The van der Waals surface area contributed by atoms with E-state index in [1.807, 2.05) is 66.7 Å². The van der Waals surface area contributed by atoms with E-state index in [9.17, 15) is 20.1 Å². The molecule has 0 bridgehead atoms. The largest absolute Gasteiger partial charge is 0.506 e. The Morgan fingerprint density at radius 2 is 1.20 bits per heavy atom. The molecule has 3 aromatic carbocycles. The van der Waals surface area contributed by atoms with Gasteiger partial charge in [0.05, 0.1) is 28.7 Å². The van der Waals surface area contributed by atoms with E-state index >= 15 is 0 Å². The number of ketones is 1. The minimum Gasteiger partial charge on any atom is -0.506 e. The first-order valence-electron chi connectivity index (χ1n) is 13.7. The van der Waals surface area contributed by atoms with Crippen LogP contribution in [0, 0.1) is 11.8 Å². The molecule has 11 nitrogen and oxygen atoms in total. The fourth-order valence-corrected chi connectivity index (χ4v) is 4.75. The van der Waals surface area contributed by atoms with Crippen LogP contribution in [0.1, 0.15) is 0 Å². The van der Waals surface area contributed by atoms with Crippen LogP contribution in [0.5, 0.6) is 0 Å². The van der Waals surface area contributed by atoms with Crippen LogP contribution in [0.4, 0.5) is 17.1 Å². The average Bonchev–Trinajstić information content (AvgIpc) is 3.04. The Morgan fingerprint density at radius 1 is 0.659 bits per heavy atom. The van der Waals surface area contributed by atoms with Gasteiger partial charge in [-0.3, -0.25) is 15.6 Å². The molecule has 1 heterocycles. The highest BCUT2D eigenvalue weighted by atomic mass is 16.5. The van der Waals surface area contributed by atoms with Crippen molar-refractivity contribution in [3.8, 4) is 0 Å². The predicted octanol–water partition coefficient (Wildman–Crippen LogP) is 5.82. The normalized spacial score (nSPS) is 20.3. The SMILES string of the molecule is O=C1C=C(NNc2ccccc2)C=C2OC(C3C=C(O)C(=NNc4ccccc4)C(O)=C3)=C(O)/C(=N/Nc3ccccc3)C12. The zero-order chi connectivity index (χ0) is 30.5. The number of hydrogen-bond acceptors (Lipinski definition) is 11. The number of carbonyl (C=O) groups is 1. The van der Waals surface area contributed by atoms with E-state index in [4.69, 9.17) is 4.74 Å². The summed E-state index contributed by atoms with van der Waals surface area (Å²) in [5, 5.41) is 41.6. The van der Waals surface area contributed by atoms with Crippen molar-refractivity contribution in [3.05, 3.63) is 150 Å². The third kappa shape index (κ3) is 6.02. The fourth-order valence-electron chi connectivity index (χ4n) is 4.75. The van der Waals surface area contributed by atoms with Gasteiger partial charge in [0.1, 0.15) is 28.9 Å². The summed E-state index contributed by atoms with van der Waals surface area (Å²) < 4.78 is 6.12. The highest BCUT2D eigenvalue weighted by Gasteiger charge is 2.42. The molecule has 3 aliphatic rings. The van der Waals surface area contributed by atoms with Crippen LogP contribution in [0.15, 0.2) is 160 Å². The Morgan fingerprint density at radius 3 is 1.80 bits per heavy atom. The number of nitrogens with zero attached hydrogens (tertiary/aromatic N) is 2. The molecular formula is C33H28N6O5. The first-order valence-corrected chi connectivity index (χ1v) is 13.7. The second-order valence-corrected chi connectivity index (χ2v) is 9.96. The number of hydrogen-bond donors (Lipinski definition) is 7. The lowest BCUT2D eigenvalue weighted by Gasteiger charge is -2.32. The summed E-state index contributed by atoms with van der Waals surface area (Å²) in [6.07, 6.45) is 5.76. The van der Waals surface area contributed by atoms with Crippen molar-refractivity contribution in [2.24, 2.45) is 22.0 Å². The minimum atomic E-state index is -1.04. The number of benzene rings is 3. The maximum Gasteiger partial charge on any atom is 0.180 e. The summed E-state index contributed by atoms with van der Waals surface area (Å²) in [5.74, 6) is -3.27. The number of ether oxygens (including phenoxy) is 1. The Hall–Kier alpha value is -6.23. The molecule has 0 fully saturated rings. The summed E-state index contributed by atoms with van der Waals surface area (Å²) in [7, 11) is 0. The van der Waals surface area contributed by atoms with E-state index in [0.29, 0.717) is 17.1 Å². The Balaban J connectivity index is 1.32. The van der Waals surface area contributed by atoms with Gasteiger partial charge in [-0.05, 0) is 48.6 Å². The summed E-state index contributed by atoms with van der Waals surface area (Å²) in [5.41, 5.74) is 14.1. The van der Waals surface area contributed by atoms with Crippen LogP contribution < -0.4 is 21.7 Å². The van der Waals surface area contributed by atoms with Crippen LogP contribution in [-0.4, -0.2) is 32.5 Å². The third-order valence-electron chi connectivity index (χ3n) is 6.88. The third-order valence-corrected chi connectivity index (χ3v) is 6.88. The number of carbonyl (C=O) groups excluding carboxylic acids is 1. The maximum absolute atomic E-state index is 13.4. The van der Waals surface area contributed by atoms with Crippen molar-refractivity contribution in [1.82, 2.24) is 5.43 Å². The lowest BCUT2D eigenvalue weighted by atomic mass is 9.85. The molecule has 44 heavy (non-hydrogen) atoms. The monoisotopic (exact) mass is 588 g/mol. The maximum atomic E-state index is 13.4. The van der Waals surface area contributed by atoms with Gasteiger partial charge in [-0.2, -0.15) is 10.2 Å². The number of aliphatic hydroxyl groups excluding tert-OH is 3. The summed E-state index contributed by atoms with van der Waals surface area (Å²) in [6.45, 7) is 0. The minimum absolute atomic E-state index is 0.0173. The predicted molar refractivity (Wildman–Crippen MR) is 169 cm³/mol. The molecule has 0 spiro atoms. The summed E-state index contributed by atoms with van der Waals surface area (Å²) in [6, 6.07) is 27.5. The van der Waals surface area contributed by atoms with Gasteiger partial charge < -0.3 is 30.9 Å². The molecule has 0 saturated carbocycles.